The van der Waals surface area contributed by atoms with Crippen LogP contribution in [-0.4, -0.2) is 38.0 Å². The van der Waals surface area contributed by atoms with Gasteiger partial charge < -0.3 is 9.42 Å². The van der Waals surface area contributed by atoms with E-state index >= 15 is 0 Å². The highest BCUT2D eigenvalue weighted by molar-refractivity contribution is 7.98. The molecule has 0 atom stereocenters. The van der Waals surface area contributed by atoms with Gasteiger partial charge in [0.2, 0.25) is 11.8 Å². The predicted octanol–water partition coefficient (Wildman–Crippen LogP) is 4.19. The van der Waals surface area contributed by atoms with E-state index in [0.29, 0.717) is 11.6 Å². The van der Waals surface area contributed by atoms with Gasteiger partial charge in [0.15, 0.2) is 11.0 Å². The third-order valence-corrected chi connectivity index (χ3v) is 5.81. The molecule has 28 heavy (non-hydrogen) atoms. The molecule has 1 aliphatic rings. The largest absolute Gasteiger partial charge is 0.341 e. The van der Waals surface area contributed by atoms with Crippen LogP contribution in [0.1, 0.15) is 49.9 Å². The molecular weight excluding hydrogens is 372 g/mol. The maximum atomic E-state index is 5.34. The molecule has 1 saturated heterocycles. The molecule has 0 unspecified atom stereocenters. The topological polar surface area (TPSA) is 72.9 Å². The number of anilines is 1. The van der Waals surface area contributed by atoms with Gasteiger partial charge in [0, 0.05) is 19.5 Å². The van der Waals surface area contributed by atoms with Crippen molar-refractivity contribution in [2.75, 3.05) is 18.0 Å². The lowest BCUT2D eigenvalue weighted by atomic mass is 10.2. The number of benzene rings is 1. The van der Waals surface area contributed by atoms with Crippen molar-refractivity contribution in [3.63, 3.8) is 0 Å². The van der Waals surface area contributed by atoms with Gasteiger partial charge in [-0.1, -0.05) is 48.0 Å². The molecule has 0 aliphatic carbocycles. The third-order valence-electron chi connectivity index (χ3n) is 4.88. The van der Waals surface area contributed by atoms with E-state index in [9.17, 15) is 0 Å². The van der Waals surface area contributed by atoms with E-state index in [2.05, 4.69) is 67.9 Å². The summed E-state index contributed by atoms with van der Waals surface area (Å²) in [4.78, 5) is 6.81. The highest BCUT2D eigenvalue weighted by Crippen LogP contribution is 2.30. The van der Waals surface area contributed by atoms with E-state index in [-0.39, 0.29) is 0 Å². The van der Waals surface area contributed by atoms with Crippen LogP contribution in [0.25, 0.3) is 5.69 Å². The van der Waals surface area contributed by atoms with Gasteiger partial charge in [0.1, 0.15) is 0 Å². The molecule has 2 aromatic heterocycles. The minimum absolute atomic E-state index is 0.611. The number of hydrogen-bond acceptors (Lipinski definition) is 7. The number of nitrogens with zero attached hydrogens (tertiary/aromatic N) is 6. The fourth-order valence-electron chi connectivity index (χ4n) is 3.30. The van der Waals surface area contributed by atoms with E-state index in [1.165, 1.54) is 18.4 Å². The van der Waals surface area contributed by atoms with Crippen molar-refractivity contribution in [3.05, 3.63) is 41.5 Å². The minimum Gasteiger partial charge on any atom is -0.341 e. The normalized spacial score (nSPS) is 14.1. The average molecular weight is 399 g/mol. The Morgan fingerprint density at radius 1 is 1.11 bits per heavy atom. The van der Waals surface area contributed by atoms with Crippen LogP contribution in [0.3, 0.4) is 0 Å². The van der Waals surface area contributed by atoms with Gasteiger partial charge in [-0.2, -0.15) is 4.98 Å². The lowest BCUT2D eigenvalue weighted by Gasteiger charge is -2.18. The molecule has 7 nitrogen and oxygen atoms in total. The molecule has 4 rings (SSSR count). The Morgan fingerprint density at radius 3 is 2.64 bits per heavy atom. The van der Waals surface area contributed by atoms with E-state index in [4.69, 9.17) is 4.52 Å². The highest BCUT2D eigenvalue weighted by Gasteiger charge is 2.22. The van der Waals surface area contributed by atoms with Gasteiger partial charge in [0.05, 0.1) is 11.4 Å². The van der Waals surface area contributed by atoms with Crippen LogP contribution in [0.4, 0.5) is 5.95 Å². The molecule has 1 aliphatic heterocycles. The zero-order valence-corrected chi connectivity index (χ0v) is 17.3. The second-order valence-corrected chi connectivity index (χ2v) is 8.09. The van der Waals surface area contributed by atoms with Crippen LogP contribution < -0.4 is 4.90 Å². The van der Waals surface area contributed by atoms with Crippen LogP contribution in [0.2, 0.25) is 0 Å². The van der Waals surface area contributed by atoms with Gasteiger partial charge in [-0.15, -0.1) is 10.2 Å². The summed E-state index contributed by atoms with van der Waals surface area (Å²) >= 11 is 1.59. The molecule has 3 aromatic rings. The second kappa shape index (κ2) is 8.77. The summed E-state index contributed by atoms with van der Waals surface area (Å²) in [6, 6.07) is 8.49. The molecule has 0 saturated carbocycles. The van der Waals surface area contributed by atoms with Crippen LogP contribution in [0.15, 0.2) is 33.9 Å². The monoisotopic (exact) mass is 398 g/mol. The first-order valence-corrected chi connectivity index (χ1v) is 10.9. The van der Waals surface area contributed by atoms with Crippen molar-refractivity contribution in [3.8, 4) is 5.69 Å². The molecule has 3 heterocycles. The van der Waals surface area contributed by atoms with Gasteiger partial charge in [-0.3, -0.25) is 4.57 Å². The summed E-state index contributed by atoms with van der Waals surface area (Å²) in [6.45, 7) is 6.31. The Kier molecular flexibility index (Phi) is 5.95. The quantitative estimate of drug-likeness (QED) is 0.527. The van der Waals surface area contributed by atoms with Gasteiger partial charge in [0.25, 0.3) is 0 Å². The summed E-state index contributed by atoms with van der Waals surface area (Å²) in [5, 5.41) is 13.9. The molecule has 0 amide bonds. The zero-order valence-electron chi connectivity index (χ0n) is 16.5. The summed E-state index contributed by atoms with van der Waals surface area (Å²) in [6.07, 6.45) is 5.42. The maximum Gasteiger partial charge on any atom is 0.232 e. The van der Waals surface area contributed by atoms with Crippen LogP contribution >= 0.6 is 11.8 Å². The van der Waals surface area contributed by atoms with Crippen LogP contribution in [-0.2, 0) is 12.2 Å². The molecule has 0 bridgehead atoms. The van der Waals surface area contributed by atoms with Gasteiger partial charge in [-0.05, 0) is 38.3 Å². The Balaban J connectivity index is 1.56. The van der Waals surface area contributed by atoms with E-state index in [1.54, 1.807) is 11.8 Å². The highest BCUT2D eigenvalue weighted by atomic mass is 32.2. The summed E-state index contributed by atoms with van der Waals surface area (Å²) in [5.41, 5.74) is 2.32. The first-order valence-electron chi connectivity index (χ1n) is 9.96. The minimum atomic E-state index is 0.611. The summed E-state index contributed by atoms with van der Waals surface area (Å²) < 4.78 is 7.49. The lowest BCUT2D eigenvalue weighted by molar-refractivity contribution is 0.371. The summed E-state index contributed by atoms with van der Waals surface area (Å²) in [7, 11) is 0. The first-order chi connectivity index (χ1) is 13.7. The van der Waals surface area contributed by atoms with Crippen molar-refractivity contribution in [2.45, 2.75) is 56.9 Å². The second-order valence-electron chi connectivity index (χ2n) is 7.14. The third kappa shape index (κ3) is 4.22. The van der Waals surface area contributed by atoms with E-state index in [1.807, 2.05) is 0 Å². The van der Waals surface area contributed by atoms with Crippen molar-refractivity contribution in [1.82, 2.24) is 24.9 Å². The average Bonchev–Trinajstić information content (AvgIpc) is 3.45. The fraction of sp³-hybridized carbons (Fsp3) is 0.500. The van der Waals surface area contributed by atoms with Crippen LogP contribution in [0.5, 0.6) is 0 Å². The maximum absolute atomic E-state index is 5.34. The number of aromatic nitrogens is 5. The smallest absolute Gasteiger partial charge is 0.232 e. The van der Waals surface area contributed by atoms with Crippen molar-refractivity contribution < 1.29 is 4.52 Å². The molecular formula is C20H26N6OS. The molecule has 1 aromatic carbocycles. The molecule has 1 fully saturated rings. The fourth-order valence-corrected chi connectivity index (χ4v) is 4.10. The van der Waals surface area contributed by atoms with E-state index < -0.39 is 0 Å². The number of unbranched alkanes of at least 4 members (excludes halogenated alkanes) is 1. The predicted molar refractivity (Wildman–Crippen MR) is 110 cm³/mol. The summed E-state index contributed by atoms with van der Waals surface area (Å²) in [5.74, 6) is 2.95. The SMILES string of the molecule is CCCCc1nc(CSc2nnc(N3CCCC3)n2-c2ccc(C)cc2)no1. The Hall–Kier alpha value is -2.35. The number of hydrogen-bond donors (Lipinski definition) is 0. The van der Waals surface area contributed by atoms with Crippen LogP contribution in [0, 0.1) is 6.92 Å². The van der Waals surface area contributed by atoms with E-state index in [0.717, 1.165) is 55.0 Å². The number of rotatable bonds is 8. The molecule has 8 heteroatoms. The molecule has 0 spiro atoms. The van der Waals surface area contributed by atoms with Crippen molar-refractivity contribution in [2.24, 2.45) is 0 Å². The number of thioether (sulfide) groups is 1. The van der Waals surface area contributed by atoms with Gasteiger partial charge in [-0.25, -0.2) is 0 Å². The molecule has 0 N–H and O–H groups in total. The molecule has 148 valence electrons. The lowest BCUT2D eigenvalue weighted by Crippen LogP contribution is -2.22. The Morgan fingerprint density at radius 2 is 1.89 bits per heavy atom. The number of aryl methyl sites for hydroxylation is 2. The zero-order chi connectivity index (χ0) is 19.3. The Labute approximate surface area is 169 Å². The van der Waals surface area contributed by atoms with Crippen molar-refractivity contribution >= 4 is 17.7 Å². The standard InChI is InChI=1S/C20H26N6OS/c1-3-4-7-18-21-17(24-27-18)14-28-20-23-22-19(25-12-5-6-13-25)26(20)16-10-8-15(2)9-11-16/h8-11H,3-7,12-14H2,1-2H3. The first kappa shape index (κ1) is 19.0. The van der Waals surface area contributed by atoms with Gasteiger partial charge >= 0.3 is 0 Å². The molecule has 0 radical (unpaired) electrons. The Bertz CT molecular complexity index is 898. The van der Waals surface area contributed by atoms with Crippen molar-refractivity contribution in [1.29, 1.82) is 0 Å².